The minimum absolute atomic E-state index is 0.157. The summed E-state index contributed by atoms with van der Waals surface area (Å²) in [5, 5.41) is 2.20. The average Bonchev–Trinajstić information content (AvgIpc) is 2.70. The molecule has 0 saturated carbocycles. The number of anilines is 1. The average molecular weight is 496 g/mol. The topological polar surface area (TPSA) is 50.4 Å². The first-order valence-electron chi connectivity index (χ1n) is 8.90. The Bertz CT molecular complexity index is 947. The summed E-state index contributed by atoms with van der Waals surface area (Å²) in [5.74, 6) is -0.295. The van der Waals surface area contributed by atoms with E-state index in [0.717, 1.165) is 42.2 Å². The van der Waals surface area contributed by atoms with E-state index < -0.39 is 36.7 Å². The lowest BCUT2D eigenvalue weighted by molar-refractivity contribution is -0.137. The van der Waals surface area contributed by atoms with E-state index in [1.807, 2.05) is 0 Å². The largest absolute Gasteiger partial charge is 0.426 e. The summed E-state index contributed by atoms with van der Waals surface area (Å²) in [7, 11) is 0. The Balaban J connectivity index is 2.19. The number of amides is 1. The lowest BCUT2D eigenvalue weighted by atomic mass is 10.1. The maximum Gasteiger partial charge on any atom is 0.416 e. The zero-order valence-electron chi connectivity index (χ0n) is 16.6. The Labute approximate surface area is 189 Å². The molecule has 2 rings (SSSR count). The first-order chi connectivity index (χ1) is 14.9. The van der Waals surface area contributed by atoms with Crippen LogP contribution in [0, 0.1) is 0 Å². The van der Waals surface area contributed by atoms with Crippen LogP contribution in [-0.2, 0) is 6.18 Å². The third kappa shape index (κ3) is 8.23. The number of carbonyl (C=O) groups is 1. The second kappa shape index (κ2) is 10.9. The van der Waals surface area contributed by atoms with Gasteiger partial charge in [-0.3, -0.25) is 4.79 Å². The van der Waals surface area contributed by atoms with Crippen LogP contribution in [0.1, 0.15) is 28.8 Å². The van der Waals surface area contributed by atoms with Gasteiger partial charge in [-0.15, -0.1) is 0 Å². The van der Waals surface area contributed by atoms with Crippen molar-refractivity contribution in [3.63, 3.8) is 0 Å². The molecule has 0 bridgehead atoms. The highest BCUT2D eigenvalue weighted by molar-refractivity contribution is 8.00. The van der Waals surface area contributed by atoms with E-state index >= 15 is 0 Å². The summed E-state index contributed by atoms with van der Waals surface area (Å²) in [6.07, 6.45) is -9.07. The summed E-state index contributed by atoms with van der Waals surface area (Å²) in [5.41, 5.74) is -1.52. The van der Waals surface area contributed by atoms with Crippen LogP contribution in [-0.4, -0.2) is 18.3 Å². The van der Waals surface area contributed by atoms with Crippen LogP contribution >= 0.6 is 24.0 Å². The number of halogens is 6. The quantitative estimate of drug-likeness (QED) is 0.221. The first-order valence-corrected chi connectivity index (χ1v) is 10.9. The number of hydrogen-bond donors (Lipinski definition) is 2. The standard InChI is InChI=1S/C20H18F6N2O2S2/c1-12(9-10-19(21,22)23)27-18(29)16-8-3-13(20(24,25)26)11-17(16)28-32-15-6-4-14(5-7-15)30-31-2/h3-8,11,28H,1,9-10H2,2H3,(H,27,29). The van der Waals surface area contributed by atoms with Crippen LogP contribution < -0.4 is 14.2 Å². The molecule has 0 aliphatic heterocycles. The highest BCUT2D eigenvalue weighted by Gasteiger charge is 2.32. The molecule has 4 nitrogen and oxygen atoms in total. The molecule has 0 aliphatic carbocycles. The third-order valence-electron chi connectivity index (χ3n) is 3.87. The molecular weight excluding hydrogens is 478 g/mol. The van der Waals surface area contributed by atoms with Gasteiger partial charge in [-0.25, -0.2) is 0 Å². The highest BCUT2D eigenvalue weighted by Crippen LogP contribution is 2.34. The number of nitrogens with one attached hydrogen (secondary N) is 2. The van der Waals surface area contributed by atoms with Crippen molar-refractivity contribution >= 4 is 35.6 Å². The van der Waals surface area contributed by atoms with E-state index in [-0.39, 0.29) is 16.9 Å². The summed E-state index contributed by atoms with van der Waals surface area (Å²) in [4.78, 5) is 13.1. The smallest absolute Gasteiger partial charge is 0.416 e. The van der Waals surface area contributed by atoms with Gasteiger partial charge < -0.3 is 14.2 Å². The molecule has 12 heteroatoms. The SMILES string of the molecule is C=C(CCC(F)(F)F)NC(=O)c1ccc(C(F)(F)F)cc1NSc1ccc(OSC)cc1. The van der Waals surface area contributed by atoms with E-state index in [9.17, 15) is 31.1 Å². The Morgan fingerprint density at radius 2 is 1.72 bits per heavy atom. The molecule has 0 heterocycles. The second-order valence-electron chi connectivity index (χ2n) is 6.36. The van der Waals surface area contributed by atoms with Crippen molar-refractivity contribution in [1.82, 2.24) is 5.32 Å². The first kappa shape index (κ1) is 25.8. The van der Waals surface area contributed by atoms with Crippen molar-refractivity contribution in [2.75, 3.05) is 11.0 Å². The molecule has 0 saturated heterocycles. The summed E-state index contributed by atoms with van der Waals surface area (Å²) in [6.45, 7) is 3.38. The Hall–Kier alpha value is -2.47. The van der Waals surface area contributed by atoms with Crippen molar-refractivity contribution in [3.05, 3.63) is 65.9 Å². The molecule has 2 aromatic carbocycles. The molecule has 1 amide bonds. The van der Waals surface area contributed by atoms with Gasteiger partial charge in [0.1, 0.15) is 5.75 Å². The Kier molecular flexibility index (Phi) is 8.79. The molecule has 0 unspecified atom stereocenters. The maximum absolute atomic E-state index is 13.1. The fraction of sp³-hybridized carbons (Fsp3) is 0.250. The van der Waals surface area contributed by atoms with Crippen molar-refractivity contribution < 1.29 is 35.3 Å². The monoisotopic (exact) mass is 496 g/mol. The number of benzene rings is 2. The van der Waals surface area contributed by atoms with E-state index in [1.165, 1.54) is 0 Å². The molecule has 0 aromatic heterocycles. The zero-order valence-corrected chi connectivity index (χ0v) is 18.2. The summed E-state index contributed by atoms with van der Waals surface area (Å²) in [6, 6.07) is 9.07. The van der Waals surface area contributed by atoms with Crippen LogP contribution in [0.2, 0.25) is 0 Å². The van der Waals surface area contributed by atoms with Crippen molar-refractivity contribution in [1.29, 1.82) is 0 Å². The van der Waals surface area contributed by atoms with E-state index in [0.29, 0.717) is 10.6 Å². The van der Waals surface area contributed by atoms with Crippen LogP contribution in [0.25, 0.3) is 0 Å². The predicted molar refractivity (Wildman–Crippen MR) is 113 cm³/mol. The van der Waals surface area contributed by atoms with E-state index in [4.69, 9.17) is 4.18 Å². The summed E-state index contributed by atoms with van der Waals surface area (Å²) < 4.78 is 84.4. The maximum atomic E-state index is 13.1. The zero-order chi connectivity index (χ0) is 23.9. The molecule has 0 atom stereocenters. The van der Waals surface area contributed by atoms with E-state index in [1.54, 1.807) is 30.5 Å². The van der Waals surface area contributed by atoms with Crippen LogP contribution in [0.3, 0.4) is 0 Å². The number of hydrogen-bond acceptors (Lipinski definition) is 5. The summed E-state index contributed by atoms with van der Waals surface area (Å²) >= 11 is 2.10. The third-order valence-corrected chi connectivity index (χ3v) is 5.06. The molecule has 0 aliphatic rings. The van der Waals surface area contributed by atoms with Crippen LogP contribution in [0.15, 0.2) is 59.6 Å². The molecule has 2 N–H and O–H groups in total. The van der Waals surface area contributed by atoms with Crippen molar-refractivity contribution in [3.8, 4) is 5.75 Å². The van der Waals surface area contributed by atoms with Gasteiger partial charge in [0.2, 0.25) is 0 Å². The van der Waals surface area contributed by atoms with Gasteiger partial charge in [-0.1, -0.05) is 6.58 Å². The molecule has 0 spiro atoms. The second-order valence-corrected chi connectivity index (χ2v) is 7.74. The number of rotatable bonds is 9. The Morgan fingerprint density at radius 3 is 2.28 bits per heavy atom. The molecule has 0 radical (unpaired) electrons. The fourth-order valence-corrected chi connectivity index (χ4v) is 3.33. The molecule has 174 valence electrons. The van der Waals surface area contributed by atoms with Gasteiger partial charge >= 0.3 is 12.4 Å². The van der Waals surface area contributed by atoms with E-state index in [2.05, 4.69) is 16.6 Å². The highest BCUT2D eigenvalue weighted by atomic mass is 32.2. The number of alkyl halides is 6. The minimum atomic E-state index is -4.65. The lowest BCUT2D eigenvalue weighted by Crippen LogP contribution is -2.24. The van der Waals surface area contributed by atoms with Gasteiger partial charge in [0.15, 0.2) is 0 Å². The molecular formula is C20H18F6N2O2S2. The Morgan fingerprint density at radius 1 is 1.06 bits per heavy atom. The molecule has 0 fully saturated rings. The molecule has 2 aromatic rings. The molecule has 32 heavy (non-hydrogen) atoms. The number of carbonyl (C=O) groups excluding carboxylic acids is 1. The van der Waals surface area contributed by atoms with Gasteiger partial charge in [0, 0.05) is 23.3 Å². The van der Waals surface area contributed by atoms with Crippen molar-refractivity contribution in [2.45, 2.75) is 30.1 Å². The van der Waals surface area contributed by atoms with Gasteiger partial charge in [-0.2, -0.15) is 26.3 Å². The normalized spacial score (nSPS) is 11.7. The predicted octanol–water partition coefficient (Wildman–Crippen LogP) is 7.07. The minimum Gasteiger partial charge on any atom is -0.426 e. The van der Waals surface area contributed by atoms with Gasteiger partial charge in [0.25, 0.3) is 5.91 Å². The lowest BCUT2D eigenvalue weighted by Gasteiger charge is -2.16. The number of allylic oxidation sites excluding steroid dienone is 1. The van der Waals surface area contributed by atoms with Gasteiger partial charge in [-0.05, 0) is 60.8 Å². The van der Waals surface area contributed by atoms with Crippen LogP contribution in [0.5, 0.6) is 5.75 Å². The van der Waals surface area contributed by atoms with Crippen LogP contribution in [0.4, 0.5) is 32.0 Å². The fourth-order valence-electron chi connectivity index (χ4n) is 2.36. The van der Waals surface area contributed by atoms with Gasteiger partial charge in [0.05, 0.1) is 28.9 Å². The van der Waals surface area contributed by atoms with Crippen molar-refractivity contribution in [2.24, 2.45) is 0 Å².